The van der Waals surface area contributed by atoms with Crippen LogP contribution >= 0.6 is 0 Å². The van der Waals surface area contributed by atoms with E-state index in [0.29, 0.717) is 0 Å². The molecule has 2 aliphatic rings. The summed E-state index contributed by atoms with van der Waals surface area (Å²) in [5, 5.41) is 2.60. The molecule has 40 heavy (non-hydrogen) atoms. The first-order valence-corrected chi connectivity index (χ1v) is 14.7. The fourth-order valence-corrected chi connectivity index (χ4v) is 7.90. The molecule has 1 fully saturated rings. The van der Waals surface area contributed by atoms with Crippen molar-refractivity contribution in [2.75, 3.05) is 4.90 Å². The number of benzene rings is 5. The summed E-state index contributed by atoms with van der Waals surface area (Å²) in [4.78, 5) is 2.65. The average Bonchev–Trinajstić information content (AvgIpc) is 3.44. The third-order valence-corrected chi connectivity index (χ3v) is 10.1. The number of anilines is 2. The minimum absolute atomic E-state index is 0.0701. The molecule has 0 saturated heterocycles. The Morgan fingerprint density at radius 3 is 1.98 bits per heavy atom. The quantitative estimate of drug-likeness (QED) is 0.226. The molecule has 0 spiro atoms. The van der Waals surface area contributed by atoms with Crippen LogP contribution < -0.4 is 4.90 Å². The molecule has 1 aliphatic carbocycles. The molecule has 2 atom stereocenters. The van der Waals surface area contributed by atoms with Crippen LogP contribution in [0.1, 0.15) is 45.1 Å². The molecule has 1 aromatic heterocycles. The molecule has 0 radical (unpaired) electrons. The highest BCUT2D eigenvalue weighted by Gasteiger charge is 2.57. The second-order valence-corrected chi connectivity index (χ2v) is 12.1. The van der Waals surface area contributed by atoms with Gasteiger partial charge in [-0.2, -0.15) is 0 Å². The van der Waals surface area contributed by atoms with E-state index in [4.69, 9.17) is 0 Å². The summed E-state index contributed by atoms with van der Waals surface area (Å²) in [6.45, 7) is 5.03. The van der Waals surface area contributed by atoms with E-state index < -0.39 is 0 Å². The van der Waals surface area contributed by atoms with Crippen LogP contribution in [0, 0.1) is 0 Å². The highest BCUT2D eigenvalue weighted by Crippen LogP contribution is 2.61. The lowest BCUT2D eigenvalue weighted by Gasteiger charge is -2.50. The lowest BCUT2D eigenvalue weighted by molar-refractivity contribution is 0.195. The SMILES string of the molecule is CC12CCCCC1(C)N(c1ccccc1)c1ccc(-c3ccc4c(c3)c3ccccc3n4-c3ccccc3)cc12. The Labute approximate surface area is 236 Å². The second kappa shape index (κ2) is 8.60. The summed E-state index contributed by atoms with van der Waals surface area (Å²) < 4.78 is 2.39. The molecule has 2 heteroatoms. The molecule has 0 amide bonds. The standard InChI is InChI=1S/C38H34N2/c1-37-23-11-12-24-38(37,2)40(30-15-7-4-8-16-30)36-22-20-28(26-33(36)37)27-19-21-35-32(25-27)31-17-9-10-18-34(31)39(35)29-13-5-3-6-14-29/h3-10,13-22,25-26H,11-12,23-24H2,1-2H3. The number of hydrogen-bond donors (Lipinski definition) is 0. The molecule has 2 heterocycles. The Balaban J connectivity index is 1.31. The van der Waals surface area contributed by atoms with Gasteiger partial charge in [-0.25, -0.2) is 0 Å². The van der Waals surface area contributed by atoms with E-state index in [-0.39, 0.29) is 11.0 Å². The second-order valence-electron chi connectivity index (χ2n) is 12.1. The lowest BCUT2D eigenvalue weighted by atomic mass is 9.61. The summed E-state index contributed by atoms with van der Waals surface area (Å²) in [6.07, 6.45) is 5.03. The molecule has 0 bridgehead atoms. The molecule has 0 N–H and O–H groups in total. The van der Waals surface area contributed by atoms with Gasteiger partial charge in [0.15, 0.2) is 0 Å². The number of nitrogens with zero attached hydrogens (tertiary/aromatic N) is 2. The molecule has 1 aliphatic heterocycles. The van der Waals surface area contributed by atoms with E-state index in [1.54, 1.807) is 0 Å². The third kappa shape index (κ3) is 3.17. The molecule has 6 aromatic rings. The fraction of sp³-hybridized carbons (Fsp3) is 0.211. The number of rotatable bonds is 3. The first-order valence-electron chi connectivity index (χ1n) is 14.7. The van der Waals surface area contributed by atoms with E-state index in [9.17, 15) is 0 Å². The molecule has 1 saturated carbocycles. The summed E-state index contributed by atoms with van der Waals surface area (Å²) in [7, 11) is 0. The summed E-state index contributed by atoms with van der Waals surface area (Å²) >= 11 is 0. The van der Waals surface area contributed by atoms with Crippen LogP contribution in [0.25, 0.3) is 38.6 Å². The van der Waals surface area contributed by atoms with Gasteiger partial charge in [0, 0.05) is 33.2 Å². The molecule has 8 rings (SSSR count). The van der Waals surface area contributed by atoms with Crippen LogP contribution in [0.15, 0.2) is 121 Å². The lowest BCUT2D eigenvalue weighted by Crippen LogP contribution is -2.54. The molecular formula is C38H34N2. The summed E-state index contributed by atoms with van der Waals surface area (Å²) in [5.74, 6) is 0. The van der Waals surface area contributed by atoms with Crippen molar-refractivity contribution in [2.24, 2.45) is 0 Å². The minimum atomic E-state index is 0.0701. The Bertz CT molecular complexity index is 1880. The first kappa shape index (κ1) is 23.6. The van der Waals surface area contributed by atoms with Gasteiger partial charge in [-0.1, -0.05) is 86.5 Å². The maximum Gasteiger partial charge on any atom is 0.0541 e. The monoisotopic (exact) mass is 518 g/mol. The van der Waals surface area contributed by atoms with Gasteiger partial charge in [0.05, 0.1) is 16.6 Å². The van der Waals surface area contributed by atoms with Crippen molar-refractivity contribution < 1.29 is 0 Å². The van der Waals surface area contributed by atoms with Gasteiger partial charge in [0.1, 0.15) is 0 Å². The first-order chi connectivity index (χ1) is 19.6. The van der Waals surface area contributed by atoms with Gasteiger partial charge in [0.2, 0.25) is 0 Å². The third-order valence-electron chi connectivity index (χ3n) is 10.1. The zero-order chi connectivity index (χ0) is 26.9. The van der Waals surface area contributed by atoms with Crippen molar-refractivity contribution in [2.45, 2.75) is 50.5 Å². The molecule has 196 valence electrons. The van der Waals surface area contributed by atoms with Crippen molar-refractivity contribution in [3.8, 4) is 16.8 Å². The number of hydrogen-bond acceptors (Lipinski definition) is 1. The Morgan fingerprint density at radius 2 is 1.18 bits per heavy atom. The average molecular weight is 519 g/mol. The Hall–Kier alpha value is -4.30. The molecule has 2 nitrogen and oxygen atoms in total. The maximum atomic E-state index is 2.65. The molecular weight excluding hydrogens is 484 g/mol. The van der Waals surface area contributed by atoms with Crippen LogP contribution in [0.4, 0.5) is 11.4 Å². The zero-order valence-electron chi connectivity index (χ0n) is 23.3. The van der Waals surface area contributed by atoms with Crippen molar-refractivity contribution in [3.05, 3.63) is 127 Å². The minimum Gasteiger partial charge on any atom is -0.334 e. The maximum absolute atomic E-state index is 2.65. The highest BCUT2D eigenvalue weighted by molar-refractivity contribution is 6.10. The van der Waals surface area contributed by atoms with E-state index in [1.165, 1.54) is 81.2 Å². The van der Waals surface area contributed by atoms with Crippen LogP contribution in [0.5, 0.6) is 0 Å². The van der Waals surface area contributed by atoms with E-state index in [0.717, 1.165) is 0 Å². The summed E-state index contributed by atoms with van der Waals surface area (Å²) in [5.41, 5.74) is 10.7. The predicted molar refractivity (Wildman–Crippen MR) is 169 cm³/mol. The van der Waals surface area contributed by atoms with E-state index >= 15 is 0 Å². The van der Waals surface area contributed by atoms with Crippen molar-refractivity contribution in [1.82, 2.24) is 4.57 Å². The topological polar surface area (TPSA) is 8.17 Å². The van der Waals surface area contributed by atoms with E-state index in [2.05, 4.69) is 145 Å². The molecule has 5 aromatic carbocycles. The van der Waals surface area contributed by atoms with Crippen molar-refractivity contribution in [1.29, 1.82) is 0 Å². The van der Waals surface area contributed by atoms with Gasteiger partial charge in [-0.05, 0) is 91.1 Å². The molecule has 2 unspecified atom stereocenters. The van der Waals surface area contributed by atoms with Crippen LogP contribution in [-0.4, -0.2) is 10.1 Å². The van der Waals surface area contributed by atoms with Crippen LogP contribution in [0.2, 0.25) is 0 Å². The van der Waals surface area contributed by atoms with Gasteiger partial charge < -0.3 is 9.47 Å². The van der Waals surface area contributed by atoms with Crippen molar-refractivity contribution in [3.63, 3.8) is 0 Å². The van der Waals surface area contributed by atoms with Gasteiger partial charge >= 0.3 is 0 Å². The number of aromatic nitrogens is 1. The zero-order valence-corrected chi connectivity index (χ0v) is 23.3. The Kier molecular flexibility index (Phi) is 5.07. The summed E-state index contributed by atoms with van der Waals surface area (Å²) in [6, 6.07) is 44.8. The predicted octanol–water partition coefficient (Wildman–Crippen LogP) is 10.2. The number of para-hydroxylation sites is 3. The van der Waals surface area contributed by atoms with Crippen LogP contribution in [-0.2, 0) is 5.41 Å². The van der Waals surface area contributed by atoms with E-state index in [1.807, 2.05) is 0 Å². The van der Waals surface area contributed by atoms with Gasteiger partial charge in [0.25, 0.3) is 0 Å². The highest BCUT2D eigenvalue weighted by atomic mass is 15.3. The van der Waals surface area contributed by atoms with Crippen molar-refractivity contribution >= 4 is 33.2 Å². The van der Waals surface area contributed by atoms with Gasteiger partial charge in [-0.15, -0.1) is 0 Å². The van der Waals surface area contributed by atoms with Crippen LogP contribution in [0.3, 0.4) is 0 Å². The largest absolute Gasteiger partial charge is 0.334 e. The smallest absolute Gasteiger partial charge is 0.0541 e. The Morgan fingerprint density at radius 1 is 0.550 bits per heavy atom. The fourth-order valence-electron chi connectivity index (χ4n) is 7.90. The number of fused-ring (bicyclic) bond motifs is 6. The van der Waals surface area contributed by atoms with Gasteiger partial charge in [-0.3, -0.25) is 0 Å². The normalized spacial score (nSPS) is 22.0.